The molecule has 1 nitrogen and oxygen atoms in total. The van der Waals surface area contributed by atoms with Crippen molar-refractivity contribution in [3.63, 3.8) is 0 Å². The summed E-state index contributed by atoms with van der Waals surface area (Å²) < 4.78 is 0. The van der Waals surface area contributed by atoms with Crippen LogP contribution in [0.1, 0.15) is 27.2 Å². The van der Waals surface area contributed by atoms with Gasteiger partial charge in [-0.2, -0.15) is 0 Å². The summed E-state index contributed by atoms with van der Waals surface area (Å²) in [6.45, 7) is 6.86. The summed E-state index contributed by atoms with van der Waals surface area (Å²) in [4.78, 5) is 0. The van der Waals surface area contributed by atoms with Gasteiger partial charge in [0.25, 0.3) is 0 Å². The molecule has 2 radical (unpaired) electrons. The van der Waals surface area contributed by atoms with Crippen LogP contribution in [0.4, 0.5) is 0 Å². The van der Waals surface area contributed by atoms with Crippen LogP contribution in [0, 0.1) is 17.3 Å². The lowest BCUT2D eigenvalue weighted by molar-refractivity contribution is 0.162. The van der Waals surface area contributed by atoms with Crippen molar-refractivity contribution in [2.24, 2.45) is 17.3 Å². The SMILES string of the molecule is [B]C1CC(CO)C(C)C1(C)C. The van der Waals surface area contributed by atoms with Crippen LogP contribution in [-0.4, -0.2) is 19.6 Å². The van der Waals surface area contributed by atoms with Gasteiger partial charge in [-0.05, 0) is 17.3 Å². The Morgan fingerprint density at radius 3 is 2.27 bits per heavy atom. The molecular formula is C9H17BO. The molecule has 0 aromatic rings. The largest absolute Gasteiger partial charge is 0.396 e. The molecule has 3 atom stereocenters. The Balaban J connectivity index is 2.71. The molecule has 0 heterocycles. The Morgan fingerprint density at radius 1 is 1.55 bits per heavy atom. The number of aliphatic hydroxyl groups excluding tert-OH is 1. The van der Waals surface area contributed by atoms with Crippen molar-refractivity contribution >= 4 is 7.85 Å². The van der Waals surface area contributed by atoms with Gasteiger partial charge < -0.3 is 5.11 Å². The Bertz CT molecular complexity index is 144. The van der Waals surface area contributed by atoms with Crippen LogP contribution >= 0.6 is 0 Å². The van der Waals surface area contributed by atoms with Crippen LogP contribution < -0.4 is 0 Å². The Labute approximate surface area is 70.6 Å². The van der Waals surface area contributed by atoms with Gasteiger partial charge in [0.2, 0.25) is 0 Å². The van der Waals surface area contributed by atoms with Crippen LogP contribution in [0.5, 0.6) is 0 Å². The van der Waals surface area contributed by atoms with Gasteiger partial charge in [0.05, 0.1) is 7.85 Å². The molecule has 0 bridgehead atoms. The number of hydrogen-bond donors (Lipinski definition) is 1. The quantitative estimate of drug-likeness (QED) is 0.566. The van der Waals surface area contributed by atoms with E-state index in [4.69, 9.17) is 13.0 Å². The van der Waals surface area contributed by atoms with Crippen LogP contribution in [0.3, 0.4) is 0 Å². The van der Waals surface area contributed by atoms with E-state index in [0.717, 1.165) is 6.42 Å². The molecule has 11 heavy (non-hydrogen) atoms. The zero-order valence-electron chi connectivity index (χ0n) is 7.67. The van der Waals surface area contributed by atoms with Crippen molar-refractivity contribution in [3.8, 4) is 0 Å². The Morgan fingerprint density at radius 2 is 2.09 bits per heavy atom. The maximum atomic E-state index is 9.03. The molecule has 0 aromatic heterocycles. The van der Waals surface area contributed by atoms with E-state index in [-0.39, 0.29) is 17.8 Å². The highest BCUT2D eigenvalue weighted by molar-refractivity contribution is 6.12. The maximum absolute atomic E-state index is 9.03. The second-order valence-electron chi connectivity index (χ2n) is 4.39. The van der Waals surface area contributed by atoms with E-state index < -0.39 is 0 Å². The molecule has 1 aliphatic carbocycles. The van der Waals surface area contributed by atoms with Gasteiger partial charge in [0.15, 0.2) is 0 Å². The highest BCUT2D eigenvalue weighted by Gasteiger charge is 2.43. The Kier molecular flexibility index (Phi) is 2.33. The fourth-order valence-corrected chi connectivity index (χ4v) is 2.01. The highest BCUT2D eigenvalue weighted by atomic mass is 16.3. The lowest BCUT2D eigenvalue weighted by Gasteiger charge is -2.30. The first-order valence-electron chi connectivity index (χ1n) is 4.36. The minimum Gasteiger partial charge on any atom is -0.396 e. The minimum atomic E-state index is 0.202. The van der Waals surface area contributed by atoms with Crippen molar-refractivity contribution < 1.29 is 5.11 Å². The van der Waals surface area contributed by atoms with E-state index in [2.05, 4.69) is 20.8 Å². The van der Waals surface area contributed by atoms with Gasteiger partial charge >= 0.3 is 0 Å². The van der Waals surface area contributed by atoms with E-state index in [1.165, 1.54) is 0 Å². The van der Waals surface area contributed by atoms with E-state index in [0.29, 0.717) is 11.8 Å². The average Bonchev–Trinajstić information content (AvgIpc) is 2.14. The first-order chi connectivity index (χ1) is 5.00. The molecule has 1 saturated carbocycles. The van der Waals surface area contributed by atoms with Crippen LogP contribution in [0.15, 0.2) is 0 Å². The van der Waals surface area contributed by atoms with Crippen LogP contribution in [-0.2, 0) is 0 Å². The van der Waals surface area contributed by atoms with Crippen LogP contribution in [0.2, 0.25) is 5.82 Å². The zero-order valence-corrected chi connectivity index (χ0v) is 7.67. The second-order valence-corrected chi connectivity index (χ2v) is 4.39. The standard InChI is InChI=1S/C9H17BO/c1-6-7(5-11)4-8(10)9(6,2)3/h6-8,11H,4-5H2,1-3H3. The van der Waals surface area contributed by atoms with E-state index >= 15 is 0 Å². The normalized spacial score (nSPS) is 42.7. The molecule has 1 aliphatic rings. The summed E-state index contributed by atoms with van der Waals surface area (Å²) >= 11 is 0. The van der Waals surface area contributed by atoms with Gasteiger partial charge in [-0.3, -0.25) is 0 Å². The predicted octanol–water partition coefficient (Wildman–Crippen LogP) is 1.62. The van der Waals surface area contributed by atoms with E-state index in [1.54, 1.807) is 0 Å². The minimum absolute atomic E-state index is 0.202. The van der Waals surface area contributed by atoms with Gasteiger partial charge in [-0.15, -0.1) is 0 Å². The monoisotopic (exact) mass is 152 g/mol. The van der Waals surface area contributed by atoms with Gasteiger partial charge in [0, 0.05) is 6.61 Å². The molecule has 1 rings (SSSR count). The second kappa shape index (κ2) is 2.82. The molecule has 3 unspecified atom stereocenters. The van der Waals surface area contributed by atoms with E-state index in [1.807, 2.05) is 0 Å². The number of aliphatic hydroxyl groups is 1. The van der Waals surface area contributed by atoms with Gasteiger partial charge in [-0.1, -0.05) is 33.0 Å². The van der Waals surface area contributed by atoms with Crippen molar-refractivity contribution in [3.05, 3.63) is 0 Å². The predicted molar refractivity (Wildman–Crippen MR) is 47.6 cm³/mol. The summed E-state index contributed by atoms with van der Waals surface area (Å²) in [5.74, 6) is 1.22. The molecule has 1 fully saturated rings. The zero-order chi connectivity index (χ0) is 8.65. The molecule has 0 amide bonds. The third-order valence-corrected chi connectivity index (χ3v) is 3.63. The molecule has 1 N–H and O–H groups in total. The summed E-state index contributed by atoms with van der Waals surface area (Å²) in [5, 5.41) is 9.03. The van der Waals surface area contributed by atoms with Gasteiger partial charge in [0.1, 0.15) is 0 Å². The molecule has 0 spiro atoms. The maximum Gasteiger partial charge on any atom is 0.0707 e. The topological polar surface area (TPSA) is 20.2 Å². The van der Waals surface area contributed by atoms with Crippen LogP contribution in [0.25, 0.3) is 0 Å². The molecule has 0 saturated heterocycles. The first kappa shape index (κ1) is 9.12. The third-order valence-electron chi connectivity index (χ3n) is 3.63. The van der Waals surface area contributed by atoms with Crippen molar-refractivity contribution in [2.75, 3.05) is 6.61 Å². The molecule has 2 heteroatoms. The number of rotatable bonds is 1. The smallest absolute Gasteiger partial charge is 0.0707 e. The highest BCUT2D eigenvalue weighted by Crippen LogP contribution is 2.52. The van der Waals surface area contributed by atoms with Crippen molar-refractivity contribution in [2.45, 2.75) is 33.0 Å². The summed E-state index contributed by atoms with van der Waals surface area (Å²) in [6, 6.07) is 0. The lowest BCUT2D eigenvalue weighted by atomic mass is 9.67. The summed E-state index contributed by atoms with van der Waals surface area (Å²) in [5.41, 5.74) is 0.202. The van der Waals surface area contributed by atoms with E-state index in [9.17, 15) is 0 Å². The summed E-state index contributed by atoms with van der Waals surface area (Å²) in [7, 11) is 5.96. The molecule has 62 valence electrons. The molecule has 0 aromatic carbocycles. The fraction of sp³-hybridized carbons (Fsp3) is 1.00. The first-order valence-corrected chi connectivity index (χ1v) is 4.36. The third kappa shape index (κ3) is 1.33. The van der Waals surface area contributed by atoms with Crippen molar-refractivity contribution in [1.82, 2.24) is 0 Å². The lowest BCUT2D eigenvalue weighted by Crippen LogP contribution is -2.23. The Hall–Kier alpha value is 0.0249. The summed E-state index contributed by atoms with van der Waals surface area (Å²) in [6.07, 6.45) is 0.977. The fourth-order valence-electron chi connectivity index (χ4n) is 2.01. The van der Waals surface area contributed by atoms with Crippen molar-refractivity contribution in [1.29, 1.82) is 0 Å². The molecule has 0 aliphatic heterocycles. The number of hydrogen-bond acceptors (Lipinski definition) is 1. The molecular weight excluding hydrogens is 135 g/mol. The average molecular weight is 152 g/mol. The van der Waals surface area contributed by atoms with Gasteiger partial charge in [-0.25, -0.2) is 0 Å².